The molecule has 0 aromatic heterocycles. The van der Waals surface area contributed by atoms with Crippen molar-refractivity contribution in [2.24, 2.45) is 22.5 Å². The van der Waals surface area contributed by atoms with Gasteiger partial charge < -0.3 is 11.1 Å². The van der Waals surface area contributed by atoms with Crippen LogP contribution in [0.3, 0.4) is 0 Å². The lowest BCUT2D eigenvalue weighted by molar-refractivity contribution is -0.125. The van der Waals surface area contributed by atoms with Gasteiger partial charge in [-0.2, -0.15) is 0 Å². The minimum absolute atomic E-state index is 0.182. The quantitative estimate of drug-likeness (QED) is 0.834. The summed E-state index contributed by atoms with van der Waals surface area (Å²) in [5.74, 6) is 0.956. The maximum Gasteiger partial charge on any atom is 0.222 e. The van der Waals surface area contributed by atoms with Crippen LogP contribution in [0.15, 0.2) is 0 Å². The Labute approximate surface area is 123 Å². The highest BCUT2D eigenvalue weighted by Gasteiger charge is 2.59. The van der Waals surface area contributed by atoms with E-state index in [-0.39, 0.29) is 16.9 Å². The number of fused-ring (bicyclic) bond motifs is 2. The zero-order valence-electron chi connectivity index (χ0n) is 13.3. The number of carbonyl (C=O) groups is 1. The SMILES string of the molecule is CC12CCC(C1)C(C)(C)C2NC(=O)CC1(N)CCCC1. The summed E-state index contributed by atoms with van der Waals surface area (Å²) in [4.78, 5) is 12.5. The van der Waals surface area contributed by atoms with Crippen LogP contribution in [-0.4, -0.2) is 17.5 Å². The van der Waals surface area contributed by atoms with Crippen LogP contribution in [0.5, 0.6) is 0 Å². The van der Waals surface area contributed by atoms with E-state index < -0.39 is 0 Å². The molecule has 3 atom stereocenters. The molecule has 114 valence electrons. The second-order valence-electron chi connectivity index (χ2n) is 8.66. The number of amides is 1. The minimum atomic E-state index is -0.229. The average Bonchev–Trinajstić information content (AvgIpc) is 2.96. The van der Waals surface area contributed by atoms with Crippen LogP contribution in [0.2, 0.25) is 0 Å². The molecule has 3 aliphatic rings. The van der Waals surface area contributed by atoms with Gasteiger partial charge in [0, 0.05) is 18.0 Å². The molecule has 3 nitrogen and oxygen atoms in total. The fraction of sp³-hybridized carbons (Fsp3) is 0.941. The molecule has 0 aliphatic heterocycles. The van der Waals surface area contributed by atoms with Crippen molar-refractivity contribution in [1.82, 2.24) is 5.32 Å². The molecule has 3 N–H and O–H groups in total. The molecule has 1 amide bonds. The summed E-state index contributed by atoms with van der Waals surface area (Å²) in [6, 6.07) is 0.325. The summed E-state index contributed by atoms with van der Waals surface area (Å²) in [6.45, 7) is 7.03. The highest BCUT2D eigenvalue weighted by atomic mass is 16.1. The Bertz CT molecular complexity index is 406. The lowest BCUT2D eigenvalue weighted by Gasteiger charge is -2.43. The van der Waals surface area contributed by atoms with Crippen LogP contribution in [0, 0.1) is 16.7 Å². The van der Waals surface area contributed by atoms with Gasteiger partial charge in [0.05, 0.1) is 0 Å². The molecular weight excluding hydrogens is 248 g/mol. The molecule has 3 fully saturated rings. The first-order valence-electron chi connectivity index (χ1n) is 8.34. The number of nitrogens with two attached hydrogens (primary N) is 1. The molecule has 0 spiro atoms. The lowest BCUT2D eigenvalue weighted by atomic mass is 9.68. The Kier molecular flexibility index (Phi) is 3.20. The van der Waals surface area contributed by atoms with Gasteiger partial charge in [-0.3, -0.25) is 4.79 Å². The molecule has 0 heterocycles. The minimum Gasteiger partial charge on any atom is -0.352 e. The fourth-order valence-corrected chi connectivity index (χ4v) is 5.45. The molecule has 3 saturated carbocycles. The summed E-state index contributed by atoms with van der Waals surface area (Å²) in [5, 5.41) is 3.37. The Morgan fingerprint density at radius 1 is 1.20 bits per heavy atom. The molecule has 3 heteroatoms. The van der Waals surface area contributed by atoms with Crippen molar-refractivity contribution in [3.8, 4) is 0 Å². The van der Waals surface area contributed by atoms with E-state index in [9.17, 15) is 4.79 Å². The van der Waals surface area contributed by atoms with Crippen LogP contribution < -0.4 is 11.1 Å². The van der Waals surface area contributed by atoms with Gasteiger partial charge in [-0.05, 0) is 48.9 Å². The van der Waals surface area contributed by atoms with Gasteiger partial charge in [0.15, 0.2) is 0 Å². The topological polar surface area (TPSA) is 55.1 Å². The fourth-order valence-electron chi connectivity index (χ4n) is 5.45. The van der Waals surface area contributed by atoms with E-state index in [1.54, 1.807) is 0 Å². The monoisotopic (exact) mass is 278 g/mol. The van der Waals surface area contributed by atoms with E-state index in [0.717, 1.165) is 18.8 Å². The Hall–Kier alpha value is -0.570. The summed E-state index contributed by atoms with van der Waals surface area (Å²) >= 11 is 0. The third kappa shape index (κ3) is 2.18. The molecule has 0 saturated heterocycles. The summed E-state index contributed by atoms with van der Waals surface area (Å²) in [5.41, 5.74) is 6.66. The van der Waals surface area contributed by atoms with Crippen molar-refractivity contribution in [3.63, 3.8) is 0 Å². The molecule has 20 heavy (non-hydrogen) atoms. The number of hydrogen-bond donors (Lipinski definition) is 2. The van der Waals surface area contributed by atoms with Gasteiger partial charge in [0.2, 0.25) is 5.91 Å². The van der Waals surface area contributed by atoms with Crippen molar-refractivity contribution < 1.29 is 4.79 Å². The van der Waals surface area contributed by atoms with E-state index in [4.69, 9.17) is 5.73 Å². The summed E-state index contributed by atoms with van der Waals surface area (Å²) in [6.07, 6.45) is 8.76. The molecule has 2 bridgehead atoms. The number of nitrogens with one attached hydrogen (secondary N) is 1. The molecule has 3 rings (SSSR count). The molecule has 0 aromatic rings. The highest BCUT2D eigenvalue weighted by molar-refractivity contribution is 5.78. The molecular formula is C17H30N2O. The predicted octanol–water partition coefficient (Wildman–Crippen LogP) is 2.98. The Balaban J connectivity index is 1.67. The van der Waals surface area contributed by atoms with Crippen molar-refractivity contribution >= 4 is 5.91 Å². The van der Waals surface area contributed by atoms with E-state index in [1.165, 1.54) is 32.1 Å². The van der Waals surface area contributed by atoms with Crippen molar-refractivity contribution in [3.05, 3.63) is 0 Å². The molecule has 3 unspecified atom stereocenters. The normalized spacial score (nSPS) is 41.0. The lowest BCUT2D eigenvalue weighted by Crippen LogP contribution is -2.54. The zero-order valence-corrected chi connectivity index (χ0v) is 13.3. The summed E-state index contributed by atoms with van der Waals surface area (Å²) < 4.78 is 0. The highest BCUT2D eigenvalue weighted by Crippen LogP contribution is 2.62. The molecule has 0 radical (unpaired) electrons. The van der Waals surface area contributed by atoms with Gasteiger partial charge >= 0.3 is 0 Å². The number of carbonyl (C=O) groups excluding carboxylic acids is 1. The molecule has 0 aromatic carbocycles. The molecule has 3 aliphatic carbocycles. The van der Waals surface area contributed by atoms with Gasteiger partial charge in [-0.25, -0.2) is 0 Å². The van der Waals surface area contributed by atoms with Gasteiger partial charge in [0.25, 0.3) is 0 Å². The maximum atomic E-state index is 12.5. The first kappa shape index (κ1) is 14.4. The van der Waals surface area contributed by atoms with Crippen LogP contribution in [0.4, 0.5) is 0 Å². The first-order valence-corrected chi connectivity index (χ1v) is 8.34. The van der Waals surface area contributed by atoms with E-state index in [1.807, 2.05) is 0 Å². The second kappa shape index (κ2) is 4.46. The van der Waals surface area contributed by atoms with Crippen molar-refractivity contribution in [2.75, 3.05) is 0 Å². The third-order valence-electron chi connectivity index (χ3n) is 6.69. The Morgan fingerprint density at radius 2 is 1.85 bits per heavy atom. The smallest absolute Gasteiger partial charge is 0.222 e. The van der Waals surface area contributed by atoms with E-state index >= 15 is 0 Å². The average molecular weight is 278 g/mol. The van der Waals surface area contributed by atoms with Gasteiger partial charge in [-0.1, -0.05) is 33.6 Å². The van der Waals surface area contributed by atoms with Crippen LogP contribution >= 0.6 is 0 Å². The first-order chi connectivity index (χ1) is 9.25. The van der Waals surface area contributed by atoms with Crippen molar-refractivity contribution in [1.29, 1.82) is 0 Å². The van der Waals surface area contributed by atoms with Gasteiger partial charge in [-0.15, -0.1) is 0 Å². The van der Waals surface area contributed by atoms with Crippen molar-refractivity contribution in [2.45, 2.75) is 83.7 Å². The maximum absolute atomic E-state index is 12.5. The largest absolute Gasteiger partial charge is 0.352 e. The standard InChI is InChI=1S/C17H30N2O/c1-15(2)12-6-9-16(3,10-12)14(15)19-13(20)11-17(18)7-4-5-8-17/h12,14H,4-11,18H2,1-3H3,(H,19,20). The summed E-state index contributed by atoms with van der Waals surface area (Å²) in [7, 11) is 0. The van der Waals surface area contributed by atoms with E-state index in [0.29, 0.717) is 17.9 Å². The predicted molar refractivity (Wildman–Crippen MR) is 81.2 cm³/mol. The third-order valence-corrected chi connectivity index (χ3v) is 6.69. The Morgan fingerprint density at radius 3 is 2.40 bits per heavy atom. The van der Waals surface area contributed by atoms with Gasteiger partial charge in [0.1, 0.15) is 0 Å². The second-order valence-corrected chi connectivity index (χ2v) is 8.66. The van der Waals surface area contributed by atoms with Crippen LogP contribution in [0.1, 0.15) is 72.1 Å². The number of rotatable bonds is 3. The van der Waals surface area contributed by atoms with Crippen LogP contribution in [0.25, 0.3) is 0 Å². The van der Waals surface area contributed by atoms with E-state index in [2.05, 4.69) is 26.1 Å². The zero-order chi connectivity index (χ0) is 14.6. The van der Waals surface area contributed by atoms with Crippen LogP contribution in [-0.2, 0) is 4.79 Å². The number of hydrogen-bond acceptors (Lipinski definition) is 2.